The van der Waals surface area contributed by atoms with Crippen molar-refractivity contribution < 1.29 is 0 Å². The minimum absolute atomic E-state index is 1.10. The Hall–Kier alpha value is -8.00. The third kappa shape index (κ3) is 5.93. The Labute approximate surface area is 355 Å². The second-order valence-electron chi connectivity index (χ2n) is 16.1. The standard InChI is InChI=1S/C60H39N/c1-2-14-40(15-3-1)44-18-12-20-49(36-44)61(48-34-32-42(33-35-48)57-38-46-17-5-6-22-51(46)53-24-8-9-25-54(53)57)50-21-13-19-45(37-50)58-39-47-31-30-43-29-28-41-16-4-7-23-52(41)59(43)60(47)56-27-11-10-26-55(56)58/h1-39H. The topological polar surface area (TPSA) is 3.24 Å². The van der Waals surface area contributed by atoms with Gasteiger partial charge in [-0.2, -0.15) is 0 Å². The van der Waals surface area contributed by atoms with Crippen LogP contribution in [0.15, 0.2) is 237 Å². The van der Waals surface area contributed by atoms with Crippen LogP contribution in [0.1, 0.15) is 0 Å². The minimum Gasteiger partial charge on any atom is -0.310 e. The van der Waals surface area contributed by atoms with Crippen LogP contribution in [0, 0.1) is 0 Å². The van der Waals surface area contributed by atoms with Crippen LogP contribution >= 0.6 is 0 Å². The van der Waals surface area contributed by atoms with E-state index in [-0.39, 0.29) is 0 Å². The van der Waals surface area contributed by atoms with Gasteiger partial charge in [-0.05, 0) is 147 Å². The maximum absolute atomic E-state index is 2.40. The first-order valence-corrected chi connectivity index (χ1v) is 21.1. The van der Waals surface area contributed by atoms with Gasteiger partial charge in [0.1, 0.15) is 0 Å². The fourth-order valence-electron chi connectivity index (χ4n) is 9.73. The number of anilines is 3. The quantitative estimate of drug-likeness (QED) is 0.152. The highest BCUT2D eigenvalue weighted by Gasteiger charge is 2.18. The molecule has 0 saturated heterocycles. The van der Waals surface area contributed by atoms with E-state index in [4.69, 9.17) is 0 Å². The molecule has 0 unspecified atom stereocenters. The molecule has 0 aliphatic rings. The Bertz CT molecular complexity index is 3640. The molecular formula is C60H39N. The van der Waals surface area contributed by atoms with Gasteiger partial charge < -0.3 is 4.90 Å². The molecule has 284 valence electrons. The predicted octanol–water partition coefficient (Wildman–Crippen LogP) is 17.1. The van der Waals surface area contributed by atoms with Crippen LogP contribution in [0.25, 0.3) is 98.0 Å². The second kappa shape index (κ2) is 14.4. The molecule has 61 heavy (non-hydrogen) atoms. The van der Waals surface area contributed by atoms with Crippen molar-refractivity contribution in [1.29, 1.82) is 0 Å². The molecule has 0 amide bonds. The summed E-state index contributed by atoms with van der Waals surface area (Å²) in [6.45, 7) is 0. The molecule has 0 aromatic heterocycles. The normalized spacial score (nSPS) is 11.6. The van der Waals surface area contributed by atoms with Gasteiger partial charge >= 0.3 is 0 Å². The van der Waals surface area contributed by atoms with E-state index >= 15 is 0 Å². The van der Waals surface area contributed by atoms with Gasteiger partial charge in [0.25, 0.3) is 0 Å². The third-order valence-electron chi connectivity index (χ3n) is 12.6. The van der Waals surface area contributed by atoms with Crippen molar-refractivity contribution in [1.82, 2.24) is 0 Å². The monoisotopic (exact) mass is 773 g/mol. The summed E-state index contributed by atoms with van der Waals surface area (Å²) in [5, 5.41) is 15.3. The highest BCUT2D eigenvalue weighted by molar-refractivity contribution is 6.29. The van der Waals surface area contributed by atoms with E-state index in [2.05, 4.69) is 241 Å². The summed E-state index contributed by atoms with van der Waals surface area (Å²) < 4.78 is 0. The lowest BCUT2D eigenvalue weighted by Gasteiger charge is -2.27. The number of hydrogen-bond donors (Lipinski definition) is 0. The van der Waals surface area contributed by atoms with E-state index in [0.717, 1.165) is 17.1 Å². The molecule has 12 rings (SSSR count). The fraction of sp³-hybridized carbons (Fsp3) is 0. The molecule has 12 aromatic rings. The van der Waals surface area contributed by atoms with Gasteiger partial charge in [-0.15, -0.1) is 0 Å². The molecule has 0 fully saturated rings. The van der Waals surface area contributed by atoms with Crippen molar-refractivity contribution in [2.75, 3.05) is 4.90 Å². The van der Waals surface area contributed by atoms with E-state index in [0.29, 0.717) is 0 Å². The van der Waals surface area contributed by atoms with Crippen molar-refractivity contribution in [2.24, 2.45) is 0 Å². The zero-order chi connectivity index (χ0) is 40.3. The van der Waals surface area contributed by atoms with Crippen LogP contribution in [0.4, 0.5) is 17.1 Å². The highest BCUT2D eigenvalue weighted by atomic mass is 15.1. The van der Waals surface area contributed by atoms with Crippen molar-refractivity contribution in [3.63, 3.8) is 0 Å². The first-order chi connectivity index (χ1) is 30.2. The van der Waals surface area contributed by atoms with Crippen LogP contribution < -0.4 is 4.90 Å². The lowest BCUT2D eigenvalue weighted by molar-refractivity contribution is 1.28. The van der Waals surface area contributed by atoms with E-state index in [1.165, 1.54) is 98.0 Å². The number of fused-ring (bicyclic) bond motifs is 10. The summed E-state index contributed by atoms with van der Waals surface area (Å²) in [5.41, 5.74) is 10.5. The molecule has 0 heterocycles. The fourth-order valence-corrected chi connectivity index (χ4v) is 9.73. The molecule has 0 saturated carbocycles. The van der Waals surface area contributed by atoms with Crippen LogP contribution in [-0.2, 0) is 0 Å². The predicted molar refractivity (Wildman–Crippen MR) is 262 cm³/mol. The molecule has 1 nitrogen and oxygen atoms in total. The SMILES string of the molecule is c1ccc(-c2cccc(N(c3ccc(-c4cc5ccccc5c5ccccc45)cc3)c3cccc(-c4cc5ccc6ccc7ccccc7c6c5c5ccccc45)c3)c2)cc1. The second-order valence-corrected chi connectivity index (χ2v) is 16.1. The summed E-state index contributed by atoms with van der Waals surface area (Å²) in [6, 6.07) is 86.8. The summed E-state index contributed by atoms with van der Waals surface area (Å²) in [7, 11) is 0. The smallest absolute Gasteiger partial charge is 0.0467 e. The zero-order valence-electron chi connectivity index (χ0n) is 33.5. The van der Waals surface area contributed by atoms with Crippen LogP contribution in [-0.4, -0.2) is 0 Å². The largest absolute Gasteiger partial charge is 0.310 e. The Morgan fingerprint density at radius 3 is 1.46 bits per heavy atom. The average molecular weight is 774 g/mol. The molecule has 0 spiro atoms. The first kappa shape index (κ1) is 35.0. The lowest BCUT2D eigenvalue weighted by atomic mass is 9.89. The van der Waals surface area contributed by atoms with Gasteiger partial charge in [0.2, 0.25) is 0 Å². The van der Waals surface area contributed by atoms with E-state index in [1.54, 1.807) is 0 Å². The van der Waals surface area contributed by atoms with E-state index in [9.17, 15) is 0 Å². The van der Waals surface area contributed by atoms with Gasteiger partial charge in [-0.1, -0.05) is 188 Å². The summed E-state index contributed by atoms with van der Waals surface area (Å²) >= 11 is 0. The van der Waals surface area contributed by atoms with E-state index < -0.39 is 0 Å². The molecule has 0 N–H and O–H groups in total. The Morgan fingerprint density at radius 2 is 0.705 bits per heavy atom. The van der Waals surface area contributed by atoms with Gasteiger partial charge in [-0.3, -0.25) is 0 Å². The molecule has 0 bridgehead atoms. The summed E-state index contributed by atoms with van der Waals surface area (Å²) in [4.78, 5) is 2.40. The summed E-state index contributed by atoms with van der Waals surface area (Å²) in [5.74, 6) is 0. The molecular weight excluding hydrogens is 735 g/mol. The van der Waals surface area contributed by atoms with Crippen molar-refractivity contribution in [3.05, 3.63) is 237 Å². The molecule has 12 aromatic carbocycles. The molecule has 0 aliphatic heterocycles. The van der Waals surface area contributed by atoms with Crippen LogP contribution in [0.5, 0.6) is 0 Å². The van der Waals surface area contributed by atoms with Gasteiger partial charge in [0, 0.05) is 17.1 Å². The van der Waals surface area contributed by atoms with E-state index in [1.807, 2.05) is 0 Å². The Kier molecular flexibility index (Phi) is 8.25. The van der Waals surface area contributed by atoms with Crippen molar-refractivity contribution in [2.45, 2.75) is 0 Å². The number of nitrogens with zero attached hydrogens (tertiary/aromatic N) is 1. The number of rotatable bonds is 6. The van der Waals surface area contributed by atoms with Gasteiger partial charge in [-0.25, -0.2) is 0 Å². The van der Waals surface area contributed by atoms with Crippen molar-refractivity contribution in [3.8, 4) is 33.4 Å². The maximum atomic E-state index is 2.40. The first-order valence-electron chi connectivity index (χ1n) is 21.1. The third-order valence-corrected chi connectivity index (χ3v) is 12.6. The van der Waals surface area contributed by atoms with Gasteiger partial charge in [0.05, 0.1) is 0 Å². The van der Waals surface area contributed by atoms with Crippen LogP contribution in [0.2, 0.25) is 0 Å². The molecule has 0 atom stereocenters. The molecule has 0 radical (unpaired) electrons. The Balaban J connectivity index is 1.03. The average Bonchev–Trinajstić information content (AvgIpc) is 3.34. The highest BCUT2D eigenvalue weighted by Crippen LogP contribution is 2.44. The maximum Gasteiger partial charge on any atom is 0.0467 e. The summed E-state index contributed by atoms with van der Waals surface area (Å²) in [6.07, 6.45) is 0. The molecule has 0 aliphatic carbocycles. The van der Waals surface area contributed by atoms with Crippen molar-refractivity contribution >= 4 is 81.7 Å². The number of hydrogen-bond acceptors (Lipinski definition) is 1. The minimum atomic E-state index is 1.10. The zero-order valence-corrected chi connectivity index (χ0v) is 33.5. The van der Waals surface area contributed by atoms with Crippen LogP contribution in [0.3, 0.4) is 0 Å². The molecule has 1 heteroatoms. The lowest BCUT2D eigenvalue weighted by Crippen LogP contribution is -2.10. The number of benzene rings is 12. The van der Waals surface area contributed by atoms with Gasteiger partial charge in [0.15, 0.2) is 0 Å². The Morgan fingerprint density at radius 1 is 0.213 bits per heavy atom.